The van der Waals surface area contributed by atoms with Crippen LogP contribution in [0.25, 0.3) is 11.4 Å². The maximum absolute atomic E-state index is 4.75. The summed E-state index contributed by atoms with van der Waals surface area (Å²) in [6.07, 6.45) is 5.15. The third-order valence-electron chi connectivity index (χ3n) is 4.15. The summed E-state index contributed by atoms with van der Waals surface area (Å²) in [5.74, 6) is 2.52. The summed E-state index contributed by atoms with van der Waals surface area (Å²) in [4.78, 5) is 4.75. The second kappa shape index (κ2) is 4.80. The standard InChI is InChI=1S/C16H21N3/c1-10-8-11(2)14(12(3)9-10)16-17-15(18-19-16)13-6-4-5-7-13/h8-9,13H,4-7H2,1-3H3,(H,17,18,19). The molecule has 2 aromatic rings. The molecular formula is C16H21N3. The zero-order valence-electron chi connectivity index (χ0n) is 12.0. The van der Waals surface area contributed by atoms with Gasteiger partial charge in [-0.1, -0.05) is 30.5 Å². The summed E-state index contributed by atoms with van der Waals surface area (Å²) in [5, 5.41) is 7.60. The molecule has 1 aliphatic rings. The highest BCUT2D eigenvalue weighted by Crippen LogP contribution is 2.33. The minimum atomic E-state index is 0.590. The molecule has 0 aliphatic heterocycles. The number of hydrogen-bond donors (Lipinski definition) is 1. The Hall–Kier alpha value is -1.64. The molecule has 0 saturated heterocycles. The molecule has 0 atom stereocenters. The highest BCUT2D eigenvalue weighted by Gasteiger charge is 2.21. The van der Waals surface area contributed by atoms with Crippen LogP contribution in [0.2, 0.25) is 0 Å². The predicted octanol–water partition coefficient (Wildman–Crippen LogP) is 4.05. The molecular weight excluding hydrogens is 234 g/mol. The van der Waals surface area contributed by atoms with Crippen molar-refractivity contribution in [2.24, 2.45) is 0 Å². The molecule has 0 amide bonds. The van der Waals surface area contributed by atoms with Crippen LogP contribution in [0.3, 0.4) is 0 Å². The van der Waals surface area contributed by atoms with E-state index in [1.807, 2.05) is 0 Å². The maximum Gasteiger partial charge on any atom is 0.181 e. The molecule has 0 bridgehead atoms. The second-order valence-corrected chi connectivity index (χ2v) is 5.80. The Morgan fingerprint density at radius 3 is 2.32 bits per heavy atom. The van der Waals surface area contributed by atoms with Crippen LogP contribution in [0.15, 0.2) is 12.1 Å². The van der Waals surface area contributed by atoms with E-state index >= 15 is 0 Å². The van der Waals surface area contributed by atoms with E-state index in [1.54, 1.807) is 0 Å². The van der Waals surface area contributed by atoms with Crippen molar-refractivity contribution in [3.63, 3.8) is 0 Å². The molecule has 1 aromatic carbocycles. The van der Waals surface area contributed by atoms with Gasteiger partial charge < -0.3 is 0 Å². The molecule has 1 fully saturated rings. The highest BCUT2D eigenvalue weighted by atomic mass is 15.2. The Kier molecular flexibility index (Phi) is 3.13. The van der Waals surface area contributed by atoms with Crippen LogP contribution < -0.4 is 0 Å². The van der Waals surface area contributed by atoms with Crippen molar-refractivity contribution in [1.29, 1.82) is 0 Å². The first-order chi connectivity index (χ1) is 9.15. The lowest BCUT2D eigenvalue weighted by Gasteiger charge is -2.07. The van der Waals surface area contributed by atoms with Crippen LogP contribution >= 0.6 is 0 Å². The molecule has 100 valence electrons. The first-order valence-electron chi connectivity index (χ1n) is 7.15. The largest absolute Gasteiger partial charge is 0.262 e. The fourth-order valence-electron chi connectivity index (χ4n) is 3.30. The van der Waals surface area contributed by atoms with Crippen LogP contribution in [0, 0.1) is 20.8 Å². The fourth-order valence-corrected chi connectivity index (χ4v) is 3.30. The van der Waals surface area contributed by atoms with E-state index in [0.717, 1.165) is 11.6 Å². The van der Waals surface area contributed by atoms with E-state index in [2.05, 4.69) is 43.1 Å². The number of H-pyrrole nitrogens is 1. The SMILES string of the molecule is Cc1cc(C)c(-c2n[nH]c(C3CCCC3)n2)c(C)c1. The zero-order valence-corrected chi connectivity index (χ0v) is 12.0. The quantitative estimate of drug-likeness (QED) is 0.879. The zero-order chi connectivity index (χ0) is 13.4. The number of aromatic amines is 1. The molecule has 3 nitrogen and oxygen atoms in total. The van der Waals surface area contributed by atoms with Gasteiger partial charge >= 0.3 is 0 Å². The molecule has 1 saturated carbocycles. The topological polar surface area (TPSA) is 41.6 Å². The molecule has 0 radical (unpaired) electrons. The number of nitrogens with zero attached hydrogens (tertiary/aromatic N) is 2. The molecule has 0 unspecified atom stereocenters. The summed E-state index contributed by atoms with van der Waals surface area (Å²) in [6.45, 7) is 6.41. The van der Waals surface area contributed by atoms with Gasteiger partial charge in [0.25, 0.3) is 0 Å². The minimum Gasteiger partial charge on any atom is -0.262 e. The van der Waals surface area contributed by atoms with Crippen LogP contribution in [0.5, 0.6) is 0 Å². The monoisotopic (exact) mass is 255 g/mol. The van der Waals surface area contributed by atoms with Crippen molar-refractivity contribution in [3.05, 3.63) is 34.6 Å². The number of rotatable bonds is 2. The van der Waals surface area contributed by atoms with Gasteiger partial charge in [-0.05, 0) is 44.7 Å². The lowest BCUT2D eigenvalue weighted by Crippen LogP contribution is -1.95. The summed E-state index contributed by atoms with van der Waals surface area (Å²) < 4.78 is 0. The second-order valence-electron chi connectivity index (χ2n) is 5.80. The summed E-state index contributed by atoms with van der Waals surface area (Å²) in [7, 11) is 0. The molecule has 1 N–H and O–H groups in total. The van der Waals surface area contributed by atoms with Crippen molar-refractivity contribution in [1.82, 2.24) is 15.2 Å². The van der Waals surface area contributed by atoms with Crippen LogP contribution in [-0.4, -0.2) is 15.2 Å². The smallest absolute Gasteiger partial charge is 0.181 e. The Morgan fingerprint density at radius 2 is 1.68 bits per heavy atom. The summed E-state index contributed by atoms with van der Waals surface area (Å²) >= 11 is 0. The third-order valence-corrected chi connectivity index (χ3v) is 4.15. The van der Waals surface area contributed by atoms with Crippen LogP contribution in [0.1, 0.15) is 54.1 Å². The lowest BCUT2D eigenvalue weighted by molar-refractivity contribution is 0.672. The van der Waals surface area contributed by atoms with Gasteiger partial charge in [-0.15, -0.1) is 0 Å². The van der Waals surface area contributed by atoms with Crippen molar-refractivity contribution < 1.29 is 0 Å². The van der Waals surface area contributed by atoms with E-state index < -0.39 is 0 Å². The van der Waals surface area contributed by atoms with E-state index in [0.29, 0.717) is 5.92 Å². The van der Waals surface area contributed by atoms with Crippen LogP contribution in [-0.2, 0) is 0 Å². The van der Waals surface area contributed by atoms with Gasteiger partial charge in [-0.25, -0.2) is 4.98 Å². The minimum absolute atomic E-state index is 0.590. The van der Waals surface area contributed by atoms with Gasteiger partial charge in [-0.3, -0.25) is 5.10 Å². The molecule has 1 aromatic heterocycles. The van der Waals surface area contributed by atoms with Crippen molar-refractivity contribution in [2.75, 3.05) is 0 Å². The Labute approximate surface area is 114 Å². The van der Waals surface area contributed by atoms with Crippen molar-refractivity contribution >= 4 is 0 Å². The van der Waals surface area contributed by atoms with Crippen LogP contribution in [0.4, 0.5) is 0 Å². The molecule has 3 rings (SSSR count). The fraction of sp³-hybridized carbons (Fsp3) is 0.500. The van der Waals surface area contributed by atoms with Gasteiger partial charge in [0.2, 0.25) is 0 Å². The number of benzene rings is 1. The third kappa shape index (κ3) is 2.29. The summed E-state index contributed by atoms with van der Waals surface area (Å²) in [6, 6.07) is 4.40. The van der Waals surface area contributed by atoms with Crippen molar-refractivity contribution in [3.8, 4) is 11.4 Å². The van der Waals surface area contributed by atoms with E-state index in [1.165, 1.54) is 47.9 Å². The average molecular weight is 255 g/mol. The van der Waals surface area contributed by atoms with E-state index in [4.69, 9.17) is 4.98 Å². The molecule has 19 heavy (non-hydrogen) atoms. The van der Waals surface area contributed by atoms with E-state index in [-0.39, 0.29) is 0 Å². The first-order valence-corrected chi connectivity index (χ1v) is 7.15. The first kappa shape index (κ1) is 12.4. The van der Waals surface area contributed by atoms with Crippen molar-refractivity contribution in [2.45, 2.75) is 52.4 Å². The molecule has 3 heteroatoms. The molecule has 1 heterocycles. The molecule has 0 spiro atoms. The van der Waals surface area contributed by atoms with Gasteiger partial charge in [0.1, 0.15) is 5.82 Å². The molecule has 1 aliphatic carbocycles. The Bertz CT molecular complexity index is 569. The number of nitrogens with one attached hydrogen (secondary N) is 1. The van der Waals surface area contributed by atoms with E-state index in [9.17, 15) is 0 Å². The maximum atomic E-state index is 4.75. The number of aromatic nitrogens is 3. The van der Waals surface area contributed by atoms with Gasteiger partial charge in [-0.2, -0.15) is 5.10 Å². The van der Waals surface area contributed by atoms with Gasteiger partial charge in [0.05, 0.1) is 0 Å². The van der Waals surface area contributed by atoms with Gasteiger partial charge in [0.15, 0.2) is 5.82 Å². The highest BCUT2D eigenvalue weighted by molar-refractivity contribution is 5.65. The Balaban J connectivity index is 1.98. The summed E-state index contributed by atoms with van der Waals surface area (Å²) in [5.41, 5.74) is 5.00. The normalized spacial score (nSPS) is 16.2. The predicted molar refractivity (Wildman–Crippen MR) is 77.2 cm³/mol. The number of aryl methyl sites for hydroxylation is 3. The lowest BCUT2D eigenvalue weighted by atomic mass is 9.99. The number of hydrogen-bond acceptors (Lipinski definition) is 2. The average Bonchev–Trinajstić information content (AvgIpc) is 2.97. The van der Waals surface area contributed by atoms with Gasteiger partial charge in [0, 0.05) is 11.5 Å². The Morgan fingerprint density at radius 1 is 1.05 bits per heavy atom.